The fourth-order valence-electron chi connectivity index (χ4n) is 5.96. The first-order valence-electron chi connectivity index (χ1n) is 20.4. The molecule has 0 spiro atoms. The first-order chi connectivity index (χ1) is 27.9. The molecule has 8 aromatic carbocycles. The summed E-state index contributed by atoms with van der Waals surface area (Å²) in [7, 11) is 0. The second-order valence-electron chi connectivity index (χ2n) is 11.4. The van der Waals surface area contributed by atoms with Crippen LogP contribution in [-0.4, -0.2) is 15.0 Å². The lowest BCUT2D eigenvalue weighted by molar-refractivity contribution is 1.08. The van der Waals surface area contributed by atoms with Gasteiger partial charge >= 0.3 is 0 Å². The van der Waals surface area contributed by atoms with E-state index in [0.29, 0.717) is 39.7 Å². The number of fused-ring (bicyclic) bond motifs is 3. The van der Waals surface area contributed by atoms with E-state index in [9.17, 15) is 0 Å². The summed E-state index contributed by atoms with van der Waals surface area (Å²) in [5.41, 5.74) is 3.42. The van der Waals surface area contributed by atoms with Gasteiger partial charge < -0.3 is 0 Å². The Hall–Kier alpha value is -6.45. The zero-order valence-electron chi connectivity index (χ0n) is 35.3. The van der Waals surface area contributed by atoms with Gasteiger partial charge in [-0.2, -0.15) is 0 Å². The van der Waals surface area contributed by atoms with E-state index in [1.54, 1.807) is 24.3 Å². The topological polar surface area (TPSA) is 38.7 Å². The van der Waals surface area contributed by atoms with Crippen LogP contribution in [0.1, 0.15) is 13.7 Å². The molecule has 0 atom stereocenters. The van der Waals surface area contributed by atoms with E-state index in [1.165, 1.54) is 0 Å². The van der Waals surface area contributed by atoms with E-state index in [2.05, 4.69) is 0 Å². The Labute approximate surface area is 292 Å². The molecule has 0 aliphatic carbocycles. The van der Waals surface area contributed by atoms with Gasteiger partial charge in [0.05, 0.1) is 13.7 Å². The van der Waals surface area contributed by atoms with Gasteiger partial charge in [-0.3, -0.25) is 0 Å². The van der Waals surface area contributed by atoms with Crippen LogP contribution in [-0.2, 0) is 0 Å². The van der Waals surface area contributed by atoms with Crippen molar-refractivity contribution in [1.29, 1.82) is 0 Å². The number of nitrogens with zero attached hydrogens (tertiary/aromatic N) is 3. The SMILES string of the molecule is [2H]c1c([2H])c([2H])c(-c2ccc3cc(-c4nc(-c5ccc6ccccc6c5)nc(-c5ccc6ccc(-c7c([2H])c([2H])c([2H])c([2H])c7[2H])cc6c5)n4)ccc3c2)c([2H])c1[2H]. The maximum absolute atomic E-state index is 8.52. The predicted molar refractivity (Wildman–Crippen MR) is 200 cm³/mol. The van der Waals surface area contributed by atoms with Crippen LogP contribution in [0.5, 0.6) is 0 Å². The minimum Gasteiger partial charge on any atom is -0.208 e. The van der Waals surface area contributed by atoms with Crippen molar-refractivity contribution in [3.05, 3.63) is 176 Å². The lowest BCUT2D eigenvalue weighted by Gasteiger charge is -2.11. The Morgan fingerprint density at radius 3 is 1.12 bits per heavy atom. The van der Waals surface area contributed by atoms with Crippen molar-refractivity contribution in [2.24, 2.45) is 0 Å². The van der Waals surface area contributed by atoms with Crippen molar-refractivity contribution >= 4 is 32.3 Å². The summed E-state index contributed by atoms with van der Waals surface area (Å²) in [6.07, 6.45) is 0. The summed E-state index contributed by atoms with van der Waals surface area (Å²) in [5.74, 6) is 1.27. The highest BCUT2D eigenvalue weighted by atomic mass is 15.0. The third kappa shape index (κ3) is 5.28. The normalized spacial score (nSPS) is 14.2. The Bertz CT molecular complexity index is 3150. The smallest absolute Gasteiger partial charge is 0.164 e. The van der Waals surface area contributed by atoms with Crippen molar-refractivity contribution in [3.8, 4) is 56.4 Å². The molecule has 3 heteroatoms. The molecule has 1 heterocycles. The van der Waals surface area contributed by atoms with Gasteiger partial charge in [0.2, 0.25) is 0 Å². The second-order valence-corrected chi connectivity index (χ2v) is 11.4. The summed E-state index contributed by atoms with van der Waals surface area (Å²) >= 11 is 0. The van der Waals surface area contributed by atoms with Gasteiger partial charge in [0.15, 0.2) is 17.5 Å². The highest BCUT2D eigenvalue weighted by molar-refractivity contribution is 5.92. The Kier molecular flexibility index (Phi) is 4.71. The van der Waals surface area contributed by atoms with E-state index in [0.717, 1.165) is 37.9 Å². The lowest BCUT2D eigenvalue weighted by atomic mass is 9.99. The minimum atomic E-state index is -0.445. The molecule has 0 aliphatic rings. The number of hydrogen-bond donors (Lipinski definition) is 0. The average Bonchev–Trinajstić information content (AvgIpc) is 3.25. The first kappa shape index (κ1) is 19.3. The molecule has 48 heavy (non-hydrogen) atoms. The van der Waals surface area contributed by atoms with Crippen molar-refractivity contribution in [2.45, 2.75) is 0 Å². The fraction of sp³-hybridized carbons (Fsp3) is 0. The third-order valence-electron chi connectivity index (χ3n) is 8.42. The molecule has 0 aliphatic heterocycles. The van der Waals surface area contributed by atoms with Crippen LogP contribution >= 0.6 is 0 Å². The van der Waals surface area contributed by atoms with E-state index < -0.39 is 24.2 Å². The number of benzene rings is 8. The summed E-state index contributed by atoms with van der Waals surface area (Å²) in [4.78, 5) is 14.9. The molecule has 0 amide bonds. The van der Waals surface area contributed by atoms with Gasteiger partial charge in [-0.05, 0) is 84.9 Å². The number of aromatic nitrogens is 3. The van der Waals surface area contributed by atoms with Gasteiger partial charge in [-0.15, -0.1) is 0 Å². The fourth-order valence-corrected chi connectivity index (χ4v) is 5.96. The molecular formula is C45H29N3. The summed E-state index contributed by atoms with van der Waals surface area (Å²) in [5, 5.41) is 5.35. The second kappa shape index (κ2) is 11.7. The zero-order chi connectivity index (χ0) is 40.6. The molecule has 0 unspecified atom stereocenters. The van der Waals surface area contributed by atoms with Crippen LogP contribution in [0.2, 0.25) is 0 Å². The van der Waals surface area contributed by atoms with E-state index in [-0.39, 0.29) is 47.4 Å². The molecule has 0 N–H and O–H groups in total. The zero-order valence-corrected chi connectivity index (χ0v) is 25.3. The lowest BCUT2D eigenvalue weighted by Crippen LogP contribution is -2.00. The van der Waals surface area contributed by atoms with E-state index >= 15 is 0 Å². The number of hydrogen-bond acceptors (Lipinski definition) is 3. The number of rotatable bonds is 5. The Morgan fingerprint density at radius 1 is 0.292 bits per heavy atom. The molecule has 9 rings (SSSR count). The minimum absolute atomic E-state index is 0.121. The molecule has 1 aromatic heterocycles. The predicted octanol–water partition coefficient (Wildman–Crippen LogP) is 11.7. The van der Waals surface area contributed by atoms with Gasteiger partial charge in [0.1, 0.15) is 0 Å². The molecule has 0 fully saturated rings. The standard InChI is InChI=1S/C45H29N3/c1-3-9-30(10-4-1)35-19-20-38-27-40(24-21-37(38)25-35)44-46-43(39-22-16-32-13-7-8-14-34(32)26-39)47-45(48-44)41-23-17-33-15-18-36(28-42(33)29-41)31-11-5-2-6-12-31/h1-29H/i1D,2D,3D,4D,5D,6D,9D,10D,11D,12D. The summed E-state index contributed by atoms with van der Waals surface area (Å²) in [6, 6.07) is 32.8. The van der Waals surface area contributed by atoms with Crippen LogP contribution in [0.3, 0.4) is 0 Å². The Balaban J connectivity index is 1.18. The maximum atomic E-state index is 8.52. The molecule has 3 nitrogen and oxygen atoms in total. The quantitative estimate of drug-likeness (QED) is 0.192. The van der Waals surface area contributed by atoms with Crippen LogP contribution in [0.25, 0.3) is 88.7 Å². The molecular weight excluding hydrogens is 583 g/mol. The van der Waals surface area contributed by atoms with E-state index in [4.69, 9.17) is 28.7 Å². The molecule has 0 saturated carbocycles. The first-order valence-corrected chi connectivity index (χ1v) is 15.4. The van der Waals surface area contributed by atoms with Gasteiger partial charge in [-0.1, -0.05) is 145 Å². The van der Waals surface area contributed by atoms with Gasteiger partial charge in [0, 0.05) is 16.7 Å². The van der Waals surface area contributed by atoms with Crippen molar-refractivity contribution in [3.63, 3.8) is 0 Å². The third-order valence-corrected chi connectivity index (χ3v) is 8.42. The highest BCUT2D eigenvalue weighted by Gasteiger charge is 2.14. The van der Waals surface area contributed by atoms with Crippen molar-refractivity contribution < 1.29 is 13.7 Å². The van der Waals surface area contributed by atoms with Crippen LogP contribution in [0, 0.1) is 0 Å². The van der Waals surface area contributed by atoms with Gasteiger partial charge in [0.25, 0.3) is 0 Å². The summed E-state index contributed by atoms with van der Waals surface area (Å²) in [6.45, 7) is 0. The molecule has 9 aromatic rings. The van der Waals surface area contributed by atoms with Crippen LogP contribution in [0.4, 0.5) is 0 Å². The van der Waals surface area contributed by atoms with Crippen molar-refractivity contribution in [2.75, 3.05) is 0 Å². The summed E-state index contributed by atoms with van der Waals surface area (Å²) < 4.78 is 82.6. The van der Waals surface area contributed by atoms with Crippen molar-refractivity contribution in [1.82, 2.24) is 15.0 Å². The highest BCUT2D eigenvalue weighted by Crippen LogP contribution is 2.32. The molecule has 224 valence electrons. The Morgan fingerprint density at radius 2 is 0.625 bits per heavy atom. The van der Waals surface area contributed by atoms with Crippen LogP contribution < -0.4 is 0 Å². The van der Waals surface area contributed by atoms with Gasteiger partial charge in [-0.25, -0.2) is 15.0 Å². The van der Waals surface area contributed by atoms with E-state index in [1.807, 2.05) is 91.0 Å². The monoisotopic (exact) mass is 621 g/mol. The van der Waals surface area contributed by atoms with Crippen LogP contribution in [0.15, 0.2) is 176 Å². The average molecular weight is 622 g/mol. The maximum Gasteiger partial charge on any atom is 0.164 e. The molecule has 0 bridgehead atoms. The molecule has 0 radical (unpaired) electrons. The molecule has 0 saturated heterocycles. The largest absolute Gasteiger partial charge is 0.208 e.